The van der Waals surface area contributed by atoms with E-state index in [1.165, 1.54) is 0 Å². The highest BCUT2D eigenvalue weighted by atomic mass is 79.9. The van der Waals surface area contributed by atoms with E-state index in [-0.39, 0.29) is 20.3 Å². The van der Waals surface area contributed by atoms with Crippen molar-refractivity contribution in [3.8, 4) is 0 Å². The predicted octanol–water partition coefficient (Wildman–Crippen LogP) is 2.16. The van der Waals surface area contributed by atoms with Crippen molar-refractivity contribution in [2.24, 2.45) is 10.6 Å². The van der Waals surface area contributed by atoms with Crippen molar-refractivity contribution in [1.29, 1.82) is 0 Å². The maximum atomic E-state index is 13.9. The molecule has 0 radical (unpaired) electrons. The van der Waals surface area contributed by atoms with E-state index in [1.54, 1.807) is 0 Å². The molecule has 1 amide bonds. The van der Waals surface area contributed by atoms with Gasteiger partial charge in [0.15, 0.2) is 0 Å². The fraction of sp³-hybridized carbons (Fsp3) is 0.462. The topological polar surface area (TPSA) is 89.3 Å². The summed E-state index contributed by atoms with van der Waals surface area (Å²) in [4.78, 5) is 11.7. The van der Waals surface area contributed by atoms with Gasteiger partial charge in [0.2, 0.25) is 10.0 Å². The molecule has 0 unspecified atom stereocenters. The molecule has 3 N–H and O–H groups in total. The Hall–Kier alpha value is -0.990. The van der Waals surface area contributed by atoms with Gasteiger partial charge >= 0.3 is 0 Å². The molecule has 8 heteroatoms. The number of benzene rings is 1. The Morgan fingerprint density at radius 2 is 2.10 bits per heavy atom. The molecule has 0 atom stereocenters. The van der Waals surface area contributed by atoms with E-state index in [2.05, 4.69) is 21.2 Å². The summed E-state index contributed by atoms with van der Waals surface area (Å²) in [6.07, 6.45) is 3.14. The summed E-state index contributed by atoms with van der Waals surface area (Å²) in [6.45, 7) is 2.48. The van der Waals surface area contributed by atoms with Gasteiger partial charge in [0.1, 0.15) is 5.82 Å². The van der Waals surface area contributed by atoms with Gasteiger partial charge in [0, 0.05) is 11.0 Å². The minimum atomic E-state index is -4.04. The Bertz CT molecular complexity index is 687. The maximum absolute atomic E-state index is 13.9. The van der Waals surface area contributed by atoms with Gasteiger partial charge in [0.25, 0.3) is 5.91 Å². The van der Waals surface area contributed by atoms with Crippen molar-refractivity contribution in [2.45, 2.75) is 31.1 Å². The monoisotopic (exact) mass is 378 g/mol. The number of rotatable bonds is 4. The van der Waals surface area contributed by atoms with Crippen molar-refractivity contribution in [2.75, 3.05) is 6.54 Å². The first-order valence-electron chi connectivity index (χ1n) is 6.42. The Balaban J connectivity index is 2.24. The first kappa shape index (κ1) is 16.4. The lowest BCUT2D eigenvalue weighted by molar-refractivity contribution is 0.0886. The largest absolute Gasteiger partial charge is 0.351 e. The average Bonchev–Trinajstić information content (AvgIpc) is 2.32. The molecular formula is C13H16BrFN2O3S. The highest BCUT2D eigenvalue weighted by Crippen LogP contribution is 2.39. The van der Waals surface area contributed by atoms with Gasteiger partial charge in [-0.2, -0.15) is 0 Å². The average molecular weight is 379 g/mol. The molecule has 0 heterocycles. The third kappa shape index (κ3) is 3.61. The van der Waals surface area contributed by atoms with Crippen LogP contribution in [0.4, 0.5) is 4.39 Å². The molecule has 0 aliphatic heterocycles. The van der Waals surface area contributed by atoms with Crippen LogP contribution in [-0.2, 0) is 10.0 Å². The molecule has 1 aromatic rings. The van der Waals surface area contributed by atoms with Gasteiger partial charge in [-0.05, 0) is 46.3 Å². The van der Waals surface area contributed by atoms with Gasteiger partial charge in [0.05, 0.1) is 10.5 Å². The molecule has 1 aromatic carbocycles. The van der Waals surface area contributed by atoms with Crippen LogP contribution in [0.15, 0.2) is 21.5 Å². The Kier molecular flexibility index (Phi) is 4.41. The predicted molar refractivity (Wildman–Crippen MR) is 79.8 cm³/mol. The highest BCUT2D eigenvalue weighted by Gasteiger charge is 2.32. The minimum absolute atomic E-state index is 0.00925. The molecule has 2 rings (SSSR count). The van der Waals surface area contributed by atoms with Crippen LogP contribution < -0.4 is 10.5 Å². The fourth-order valence-electron chi connectivity index (χ4n) is 2.27. The van der Waals surface area contributed by atoms with Crippen LogP contribution in [0.25, 0.3) is 0 Å². The second-order valence-electron chi connectivity index (χ2n) is 5.65. The molecule has 0 spiro atoms. The molecule has 0 bridgehead atoms. The SMILES string of the molecule is CC1(CNC(=O)c2cc(S(N)(=O)=O)c(Br)cc2F)CCC1. The van der Waals surface area contributed by atoms with E-state index in [0.29, 0.717) is 6.54 Å². The Morgan fingerprint density at radius 1 is 1.48 bits per heavy atom. The van der Waals surface area contributed by atoms with Crippen LogP contribution in [0, 0.1) is 11.2 Å². The molecular weight excluding hydrogens is 363 g/mol. The summed E-state index contributed by atoms with van der Waals surface area (Å²) < 4.78 is 36.7. The van der Waals surface area contributed by atoms with E-state index in [1.807, 2.05) is 6.92 Å². The number of primary sulfonamides is 1. The molecule has 5 nitrogen and oxygen atoms in total. The summed E-state index contributed by atoms with van der Waals surface area (Å²) in [5.74, 6) is -1.44. The van der Waals surface area contributed by atoms with Crippen molar-refractivity contribution in [3.63, 3.8) is 0 Å². The molecule has 1 fully saturated rings. The smallest absolute Gasteiger partial charge is 0.254 e. The van der Waals surface area contributed by atoms with Crippen molar-refractivity contribution in [3.05, 3.63) is 28.0 Å². The van der Waals surface area contributed by atoms with Gasteiger partial charge in [-0.1, -0.05) is 13.3 Å². The Morgan fingerprint density at radius 3 is 2.57 bits per heavy atom. The number of carbonyl (C=O) groups is 1. The summed E-state index contributed by atoms with van der Waals surface area (Å²) in [6, 6.07) is 1.88. The van der Waals surface area contributed by atoms with E-state index in [9.17, 15) is 17.6 Å². The highest BCUT2D eigenvalue weighted by molar-refractivity contribution is 9.10. The number of nitrogens with two attached hydrogens (primary N) is 1. The number of carbonyl (C=O) groups excluding carboxylic acids is 1. The van der Waals surface area contributed by atoms with E-state index in [0.717, 1.165) is 31.4 Å². The zero-order valence-electron chi connectivity index (χ0n) is 11.4. The standard InChI is InChI=1S/C13H16BrFN2O3S/c1-13(3-2-4-13)7-17-12(18)8-5-11(21(16,19)20)9(14)6-10(8)15/h5-6H,2-4,7H2,1H3,(H,17,18)(H2,16,19,20). The first-order chi connectivity index (χ1) is 9.62. The number of sulfonamides is 1. The van der Waals surface area contributed by atoms with Crippen LogP contribution >= 0.6 is 15.9 Å². The molecule has 116 valence electrons. The third-order valence-corrected chi connectivity index (χ3v) is 5.68. The minimum Gasteiger partial charge on any atom is -0.351 e. The van der Waals surface area contributed by atoms with Crippen molar-refractivity contribution < 1.29 is 17.6 Å². The van der Waals surface area contributed by atoms with Gasteiger partial charge < -0.3 is 5.32 Å². The number of hydrogen-bond acceptors (Lipinski definition) is 3. The van der Waals surface area contributed by atoms with Gasteiger partial charge in [-0.3, -0.25) is 4.79 Å². The summed E-state index contributed by atoms with van der Waals surface area (Å²) >= 11 is 2.93. The molecule has 1 aliphatic rings. The lowest BCUT2D eigenvalue weighted by atomic mass is 9.70. The molecule has 1 aliphatic carbocycles. The Labute approximate surface area is 131 Å². The summed E-state index contributed by atoms with van der Waals surface area (Å²) in [7, 11) is -4.04. The van der Waals surface area contributed by atoms with Crippen LogP contribution in [0.2, 0.25) is 0 Å². The maximum Gasteiger partial charge on any atom is 0.254 e. The number of hydrogen-bond donors (Lipinski definition) is 2. The van der Waals surface area contributed by atoms with Gasteiger partial charge in [-0.25, -0.2) is 17.9 Å². The van der Waals surface area contributed by atoms with E-state index >= 15 is 0 Å². The molecule has 0 saturated heterocycles. The first-order valence-corrected chi connectivity index (χ1v) is 8.76. The summed E-state index contributed by atoms with van der Waals surface area (Å²) in [5.41, 5.74) is -0.283. The number of amides is 1. The van der Waals surface area contributed by atoms with Crippen LogP contribution in [0.1, 0.15) is 36.5 Å². The van der Waals surface area contributed by atoms with Gasteiger partial charge in [-0.15, -0.1) is 0 Å². The third-order valence-electron chi connectivity index (χ3n) is 3.81. The van der Waals surface area contributed by atoms with Crippen molar-refractivity contribution >= 4 is 31.9 Å². The summed E-state index contributed by atoms with van der Waals surface area (Å²) in [5, 5.41) is 7.69. The second kappa shape index (κ2) is 5.66. The molecule has 0 aromatic heterocycles. The lowest BCUT2D eigenvalue weighted by Gasteiger charge is -2.38. The van der Waals surface area contributed by atoms with Crippen LogP contribution in [0.5, 0.6) is 0 Å². The van der Waals surface area contributed by atoms with E-state index < -0.39 is 21.7 Å². The second-order valence-corrected chi connectivity index (χ2v) is 8.04. The normalized spacial score (nSPS) is 17.1. The van der Waals surface area contributed by atoms with Crippen molar-refractivity contribution in [1.82, 2.24) is 5.32 Å². The van der Waals surface area contributed by atoms with Crippen LogP contribution in [-0.4, -0.2) is 20.9 Å². The number of nitrogens with one attached hydrogen (secondary N) is 1. The molecule has 1 saturated carbocycles. The zero-order chi connectivity index (χ0) is 15.8. The lowest BCUT2D eigenvalue weighted by Crippen LogP contribution is -2.40. The van der Waals surface area contributed by atoms with E-state index in [4.69, 9.17) is 5.14 Å². The quantitative estimate of drug-likeness (QED) is 0.840. The molecule has 21 heavy (non-hydrogen) atoms. The fourth-order valence-corrected chi connectivity index (χ4v) is 3.87. The zero-order valence-corrected chi connectivity index (χ0v) is 13.9. The number of halogens is 2. The van der Waals surface area contributed by atoms with Crippen LogP contribution in [0.3, 0.4) is 0 Å².